The first-order chi connectivity index (χ1) is 13.9. The van der Waals surface area contributed by atoms with Crippen LogP contribution in [0.3, 0.4) is 0 Å². The van der Waals surface area contributed by atoms with Gasteiger partial charge in [-0.3, -0.25) is 9.79 Å². The predicted molar refractivity (Wildman–Crippen MR) is 115 cm³/mol. The lowest BCUT2D eigenvalue weighted by Gasteiger charge is -2.22. The van der Waals surface area contributed by atoms with Gasteiger partial charge in [0.1, 0.15) is 11.0 Å². The van der Waals surface area contributed by atoms with Crippen LogP contribution in [0.2, 0.25) is 5.15 Å². The minimum absolute atomic E-state index is 0.0845. The zero-order chi connectivity index (χ0) is 21.1. The molecule has 154 valence electrons. The third-order valence-electron chi connectivity index (χ3n) is 4.32. The topological polar surface area (TPSA) is 63.6 Å². The van der Waals surface area contributed by atoms with E-state index in [1.165, 1.54) is 6.08 Å². The summed E-state index contributed by atoms with van der Waals surface area (Å²) in [5, 5.41) is 3.26. The summed E-state index contributed by atoms with van der Waals surface area (Å²) in [5.41, 5.74) is 2.81. The van der Waals surface area contributed by atoms with Crippen molar-refractivity contribution in [2.45, 2.75) is 32.2 Å². The van der Waals surface area contributed by atoms with Crippen molar-refractivity contribution in [3.05, 3.63) is 77.0 Å². The van der Waals surface area contributed by atoms with Gasteiger partial charge in [0.25, 0.3) is 5.91 Å². The molecule has 5 nitrogen and oxygen atoms in total. The summed E-state index contributed by atoms with van der Waals surface area (Å²) in [4.78, 5) is 19.5. The van der Waals surface area contributed by atoms with Gasteiger partial charge >= 0.3 is 0 Å². The van der Waals surface area contributed by atoms with Crippen molar-refractivity contribution in [3.8, 4) is 0 Å². The van der Waals surface area contributed by atoms with Crippen LogP contribution in [0.15, 0.2) is 71.3 Å². The van der Waals surface area contributed by atoms with Gasteiger partial charge in [0.15, 0.2) is 0 Å². The molecule has 1 aliphatic rings. The van der Waals surface area contributed by atoms with Crippen LogP contribution in [0.4, 0.5) is 4.39 Å². The smallest absolute Gasteiger partial charge is 0.262 e. The normalized spacial score (nSPS) is 16.5. The van der Waals surface area contributed by atoms with Crippen molar-refractivity contribution in [2.24, 2.45) is 4.99 Å². The number of allylic oxidation sites excluding steroid dienone is 6. The van der Waals surface area contributed by atoms with Gasteiger partial charge < -0.3 is 10.1 Å². The summed E-state index contributed by atoms with van der Waals surface area (Å²) >= 11 is 5.77. The van der Waals surface area contributed by atoms with Gasteiger partial charge in [-0.2, -0.15) is 0 Å². The molecule has 29 heavy (non-hydrogen) atoms. The largest absolute Gasteiger partial charge is 0.381 e. The molecule has 1 aromatic heterocycles. The molecule has 1 aromatic rings. The fraction of sp³-hybridized carbons (Fsp3) is 0.318. The van der Waals surface area contributed by atoms with E-state index < -0.39 is 5.83 Å². The zero-order valence-electron chi connectivity index (χ0n) is 16.4. The number of nitrogens with zero attached hydrogens (tertiary/aromatic N) is 2. The first kappa shape index (κ1) is 22.7. The van der Waals surface area contributed by atoms with Crippen molar-refractivity contribution in [1.82, 2.24) is 10.3 Å². The lowest BCUT2D eigenvalue weighted by Crippen LogP contribution is -2.39. The fourth-order valence-corrected chi connectivity index (χ4v) is 2.71. The third kappa shape index (κ3) is 8.98. The zero-order valence-corrected chi connectivity index (χ0v) is 17.2. The van der Waals surface area contributed by atoms with E-state index in [1.54, 1.807) is 24.4 Å². The Hall–Kier alpha value is -2.57. The number of amides is 1. The lowest BCUT2D eigenvalue weighted by molar-refractivity contribution is -0.115. The van der Waals surface area contributed by atoms with E-state index in [0.717, 1.165) is 42.0 Å². The molecule has 1 saturated heterocycles. The quantitative estimate of drug-likeness (QED) is 0.384. The van der Waals surface area contributed by atoms with E-state index >= 15 is 0 Å². The molecule has 0 radical (unpaired) electrons. The Balaban J connectivity index is 1.79. The number of pyridine rings is 1. The molecule has 0 saturated carbocycles. The number of aromatic nitrogens is 1. The molecule has 0 atom stereocenters. The van der Waals surface area contributed by atoms with Crippen LogP contribution in [0.1, 0.15) is 25.3 Å². The van der Waals surface area contributed by atoms with Gasteiger partial charge in [-0.25, -0.2) is 9.37 Å². The van der Waals surface area contributed by atoms with E-state index in [4.69, 9.17) is 16.3 Å². The Morgan fingerprint density at radius 3 is 2.90 bits per heavy atom. The molecule has 0 unspecified atom stereocenters. The molecule has 1 fully saturated rings. The van der Waals surface area contributed by atoms with E-state index in [-0.39, 0.29) is 11.9 Å². The number of carbonyl (C=O) groups excluding carboxylic acids is 1. The van der Waals surface area contributed by atoms with Crippen molar-refractivity contribution >= 4 is 23.7 Å². The molecule has 0 bridgehead atoms. The minimum atomic E-state index is -0.559. The monoisotopic (exact) mass is 417 g/mol. The van der Waals surface area contributed by atoms with E-state index in [9.17, 15) is 9.18 Å². The molecule has 7 heteroatoms. The van der Waals surface area contributed by atoms with E-state index in [2.05, 4.69) is 21.9 Å². The van der Waals surface area contributed by atoms with Crippen LogP contribution in [0.25, 0.3) is 0 Å². The van der Waals surface area contributed by atoms with Gasteiger partial charge in [0, 0.05) is 25.5 Å². The Labute approximate surface area is 175 Å². The standard InChI is InChI=1S/C22H25ClFN3O2/c1-16(17(2)12-18-6-7-21(23)26-13-18)4-3-5-19(24)14-25-15-22(28)27-20-8-10-29-11-9-20/h3-7,13-15,20H,2,8-12H2,1H3,(H,27,28)/b5-3-,16-4+,19-14-,25-15?. The van der Waals surface area contributed by atoms with Crippen molar-refractivity contribution in [1.29, 1.82) is 0 Å². The molecule has 2 heterocycles. The number of nitrogens with one attached hydrogen (secondary N) is 1. The van der Waals surface area contributed by atoms with Crippen molar-refractivity contribution in [3.63, 3.8) is 0 Å². The van der Waals surface area contributed by atoms with Crippen molar-refractivity contribution < 1.29 is 13.9 Å². The second-order valence-electron chi connectivity index (χ2n) is 6.67. The Bertz CT molecular complexity index is 823. The Morgan fingerprint density at radius 1 is 1.45 bits per heavy atom. The summed E-state index contributed by atoms with van der Waals surface area (Å²) < 4.78 is 19.0. The van der Waals surface area contributed by atoms with Gasteiger partial charge in [-0.1, -0.05) is 36.4 Å². The van der Waals surface area contributed by atoms with Crippen molar-refractivity contribution in [2.75, 3.05) is 13.2 Å². The number of rotatable bonds is 8. The predicted octanol–water partition coefficient (Wildman–Crippen LogP) is 4.51. The van der Waals surface area contributed by atoms with Crippen LogP contribution in [-0.4, -0.2) is 36.4 Å². The molecular formula is C22H25ClFN3O2. The van der Waals surface area contributed by atoms with E-state index in [1.807, 2.05) is 13.0 Å². The SMILES string of the molecule is C=C(Cc1ccc(Cl)nc1)/C(C)=C/C=C\C(F)=C\N=CC(=O)NC1CCOCC1. The molecule has 1 aliphatic heterocycles. The van der Waals surface area contributed by atoms with Gasteiger partial charge in [0.05, 0.1) is 12.4 Å². The molecule has 1 N–H and O–H groups in total. The number of carbonyl (C=O) groups is 1. The lowest BCUT2D eigenvalue weighted by atomic mass is 10.0. The second-order valence-corrected chi connectivity index (χ2v) is 7.05. The van der Waals surface area contributed by atoms with Crippen LogP contribution in [0, 0.1) is 0 Å². The highest BCUT2D eigenvalue weighted by Gasteiger charge is 2.14. The number of aliphatic imine (C=N–C) groups is 1. The summed E-state index contributed by atoms with van der Waals surface area (Å²) in [7, 11) is 0. The molecule has 0 aliphatic carbocycles. The first-order valence-corrected chi connectivity index (χ1v) is 9.72. The van der Waals surface area contributed by atoms with Crippen LogP contribution < -0.4 is 5.32 Å². The van der Waals surface area contributed by atoms with E-state index in [0.29, 0.717) is 24.8 Å². The molecule has 0 aromatic carbocycles. The minimum Gasteiger partial charge on any atom is -0.381 e. The summed E-state index contributed by atoms with van der Waals surface area (Å²) in [5.74, 6) is -0.898. The maximum atomic E-state index is 13.8. The van der Waals surface area contributed by atoms with Gasteiger partial charge in [0.2, 0.25) is 0 Å². The molecule has 1 amide bonds. The number of halogens is 2. The first-order valence-electron chi connectivity index (χ1n) is 9.34. The average Bonchev–Trinajstić information content (AvgIpc) is 2.70. The second kappa shape index (κ2) is 12.1. The number of hydrogen-bond acceptors (Lipinski definition) is 4. The molecule has 2 rings (SSSR count). The maximum Gasteiger partial charge on any atom is 0.262 e. The number of hydrogen-bond donors (Lipinski definition) is 1. The van der Waals surface area contributed by atoms with Crippen LogP contribution in [-0.2, 0) is 16.0 Å². The third-order valence-corrected chi connectivity index (χ3v) is 4.55. The highest BCUT2D eigenvalue weighted by Crippen LogP contribution is 2.15. The van der Waals surface area contributed by atoms with Crippen LogP contribution >= 0.6 is 11.6 Å². The fourth-order valence-electron chi connectivity index (χ4n) is 2.60. The van der Waals surface area contributed by atoms with Gasteiger partial charge in [-0.05, 0) is 55.0 Å². The average molecular weight is 418 g/mol. The highest BCUT2D eigenvalue weighted by molar-refractivity contribution is 6.29. The molecule has 0 spiro atoms. The maximum absolute atomic E-state index is 13.8. The summed E-state index contributed by atoms with van der Waals surface area (Å²) in [6.07, 6.45) is 10.6. The number of ether oxygens (including phenoxy) is 1. The highest BCUT2D eigenvalue weighted by atomic mass is 35.5. The Kier molecular flexibility index (Phi) is 9.47. The summed E-state index contributed by atoms with van der Waals surface area (Å²) in [6.45, 7) is 7.21. The van der Waals surface area contributed by atoms with Gasteiger partial charge in [-0.15, -0.1) is 0 Å². The summed E-state index contributed by atoms with van der Waals surface area (Å²) in [6, 6.07) is 3.71. The Morgan fingerprint density at radius 2 is 2.21 bits per heavy atom. The molecular weight excluding hydrogens is 393 g/mol. The van der Waals surface area contributed by atoms with Crippen LogP contribution in [0.5, 0.6) is 0 Å².